The zero-order valence-electron chi connectivity index (χ0n) is 16.3. The number of carbonyl (C=O) groups is 2. The molecule has 0 aliphatic carbocycles. The molecular formula is C24H23ClN2O3. The third-order valence-electron chi connectivity index (χ3n) is 4.80. The molecule has 0 fully saturated rings. The van der Waals surface area contributed by atoms with E-state index in [1.54, 1.807) is 24.3 Å². The van der Waals surface area contributed by atoms with E-state index in [9.17, 15) is 9.59 Å². The number of aliphatic carboxylic acids is 1. The van der Waals surface area contributed by atoms with Crippen LogP contribution >= 0.6 is 11.6 Å². The van der Waals surface area contributed by atoms with Gasteiger partial charge >= 0.3 is 5.97 Å². The Morgan fingerprint density at radius 3 is 2.23 bits per heavy atom. The molecule has 30 heavy (non-hydrogen) atoms. The van der Waals surface area contributed by atoms with Gasteiger partial charge in [0.25, 0.3) is 5.91 Å². The van der Waals surface area contributed by atoms with Crippen LogP contribution in [0.2, 0.25) is 5.02 Å². The maximum Gasteiger partial charge on any atom is 0.320 e. The van der Waals surface area contributed by atoms with Crippen LogP contribution in [0.25, 0.3) is 11.1 Å². The van der Waals surface area contributed by atoms with Crippen molar-refractivity contribution in [1.29, 1.82) is 0 Å². The Balaban J connectivity index is 1.50. The van der Waals surface area contributed by atoms with Crippen LogP contribution in [0.4, 0.5) is 0 Å². The molecule has 0 saturated heterocycles. The second-order valence-electron chi connectivity index (χ2n) is 7.06. The predicted octanol–water partition coefficient (Wildman–Crippen LogP) is 3.93. The molecule has 0 aliphatic heterocycles. The first-order valence-electron chi connectivity index (χ1n) is 9.63. The van der Waals surface area contributed by atoms with Crippen molar-refractivity contribution >= 4 is 23.5 Å². The molecular weight excluding hydrogens is 400 g/mol. The maximum atomic E-state index is 12.3. The lowest BCUT2D eigenvalue weighted by atomic mass is 10.0. The topological polar surface area (TPSA) is 92.4 Å². The summed E-state index contributed by atoms with van der Waals surface area (Å²) < 4.78 is 0. The van der Waals surface area contributed by atoms with Gasteiger partial charge in [0, 0.05) is 17.1 Å². The summed E-state index contributed by atoms with van der Waals surface area (Å²) in [4.78, 5) is 23.1. The van der Waals surface area contributed by atoms with Gasteiger partial charge < -0.3 is 16.2 Å². The van der Waals surface area contributed by atoms with Gasteiger partial charge in [-0.15, -0.1) is 0 Å². The highest BCUT2D eigenvalue weighted by Gasteiger charge is 2.12. The van der Waals surface area contributed by atoms with E-state index in [1.165, 1.54) is 0 Å². The molecule has 3 aromatic carbocycles. The smallest absolute Gasteiger partial charge is 0.320 e. The van der Waals surface area contributed by atoms with E-state index in [-0.39, 0.29) is 12.3 Å². The summed E-state index contributed by atoms with van der Waals surface area (Å²) >= 11 is 6.05. The van der Waals surface area contributed by atoms with Gasteiger partial charge in [0.05, 0.1) is 0 Å². The van der Waals surface area contributed by atoms with Gasteiger partial charge in [-0.1, -0.05) is 60.1 Å². The third kappa shape index (κ3) is 5.92. The number of nitrogens with two attached hydrogens (primary N) is 1. The molecule has 4 N–H and O–H groups in total. The standard InChI is InChI=1S/C24H23ClN2O3/c25-21-3-1-2-20(15-21)18-8-4-16(5-9-18)12-13-27-23(28)19-10-6-17(7-11-19)14-22(26)24(29)30/h1-11,15,22H,12-14,26H2,(H,27,28)(H,29,30). The molecule has 5 nitrogen and oxygen atoms in total. The van der Waals surface area contributed by atoms with E-state index in [4.69, 9.17) is 22.4 Å². The molecule has 0 heterocycles. The summed E-state index contributed by atoms with van der Waals surface area (Å²) in [6.07, 6.45) is 0.940. The Labute approximate surface area is 180 Å². The number of hydrogen-bond acceptors (Lipinski definition) is 3. The summed E-state index contributed by atoms with van der Waals surface area (Å²) in [5.41, 5.74) is 10.1. The zero-order valence-corrected chi connectivity index (χ0v) is 17.1. The van der Waals surface area contributed by atoms with Crippen LogP contribution in [0.5, 0.6) is 0 Å². The minimum absolute atomic E-state index is 0.167. The minimum Gasteiger partial charge on any atom is -0.480 e. The summed E-state index contributed by atoms with van der Waals surface area (Å²) in [7, 11) is 0. The van der Waals surface area contributed by atoms with Crippen LogP contribution in [-0.4, -0.2) is 29.6 Å². The monoisotopic (exact) mass is 422 g/mol. The van der Waals surface area contributed by atoms with Crippen molar-refractivity contribution in [2.45, 2.75) is 18.9 Å². The van der Waals surface area contributed by atoms with E-state index in [0.29, 0.717) is 23.6 Å². The largest absolute Gasteiger partial charge is 0.480 e. The average Bonchev–Trinajstić information content (AvgIpc) is 2.74. The minimum atomic E-state index is -1.04. The Kier molecular flexibility index (Phi) is 7.22. The lowest BCUT2D eigenvalue weighted by Gasteiger charge is -2.09. The first-order chi connectivity index (χ1) is 14.4. The van der Waals surface area contributed by atoms with Crippen molar-refractivity contribution < 1.29 is 14.7 Å². The lowest BCUT2D eigenvalue weighted by molar-refractivity contribution is -0.138. The molecule has 0 aliphatic rings. The normalized spacial score (nSPS) is 11.7. The molecule has 0 aromatic heterocycles. The van der Waals surface area contributed by atoms with E-state index in [1.807, 2.05) is 48.5 Å². The number of rotatable bonds is 8. The quantitative estimate of drug-likeness (QED) is 0.512. The van der Waals surface area contributed by atoms with Crippen LogP contribution in [0.3, 0.4) is 0 Å². The highest BCUT2D eigenvalue weighted by Crippen LogP contribution is 2.23. The molecule has 154 valence electrons. The van der Waals surface area contributed by atoms with Gasteiger partial charge in [-0.05, 0) is 59.4 Å². The van der Waals surface area contributed by atoms with Crippen LogP contribution in [-0.2, 0) is 17.6 Å². The van der Waals surface area contributed by atoms with Crippen LogP contribution < -0.4 is 11.1 Å². The Morgan fingerprint density at radius 1 is 0.933 bits per heavy atom. The summed E-state index contributed by atoms with van der Waals surface area (Å²) in [6.45, 7) is 0.515. The highest BCUT2D eigenvalue weighted by molar-refractivity contribution is 6.30. The number of carboxylic acids is 1. The van der Waals surface area contributed by atoms with Gasteiger partial charge in [0.1, 0.15) is 6.04 Å². The van der Waals surface area contributed by atoms with E-state index in [2.05, 4.69) is 5.32 Å². The summed E-state index contributed by atoms with van der Waals surface area (Å²) in [6, 6.07) is 21.8. The first kappa shape index (κ1) is 21.6. The fourth-order valence-corrected chi connectivity index (χ4v) is 3.28. The molecule has 0 bridgehead atoms. The van der Waals surface area contributed by atoms with Crippen LogP contribution in [0.15, 0.2) is 72.8 Å². The molecule has 6 heteroatoms. The molecule has 3 rings (SSSR count). The molecule has 0 spiro atoms. The fourth-order valence-electron chi connectivity index (χ4n) is 3.09. The lowest BCUT2D eigenvalue weighted by Crippen LogP contribution is -2.32. The number of carbonyl (C=O) groups excluding carboxylic acids is 1. The van der Waals surface area contributed by atoms with E-state index < -0.39 is 12.0 Å². The number of nitrogens with one attached hydrogen (secondary N) is 1. The van der Waals surface area contributed by atoms with Gasteiger partial charge in [0.15, 0.2) is 0 Å². The Bertz CT molecular complexity index is 1020. The maximum absolute atomic E-state index is 12.3. The van der Waals surface area contributed by atoms with Crippen molar-refractivity contribution in [2.24, 2.45) is 5.73 Å². The second kappa shape index (κ2) is 10.1. The SMILES string of the molecule is NC(Cc1ccc(C(=O)NCCc2ccc(-c3cccc(Cl)c3)cc2)cc1)C(=O)O. The predicted molar refractivity (Wildman–Crippen MR) is 119 cm³/mol. The molecule has 1 atom stereocenters. The van der Waals surface area contributed by atoms with Crippen molar-refractivity contribution in [1.82, 2.24) is 5.32 Å². The first-order valence-corrected chi connectivity index (χ1v) is 10.0. The number of benzene rings is 3. The zero-order chi connectivity index (χ0) is 21.5. The van der Waals surface area contributed by atoms with Gasteiger partial charge in [-0.2, -0.15) is 0 Å². The third-order valence-corrected chi connectivity index (χ3v) is 5.04. The van der Waals surface area contributed by atoms with E-state index in [0.717, 1.165) is 22.3 Å². The summed E-state index contributed by atoms with van der Waals surface area (Å²) in [5, 5.41) is 12.5. The van der Waals surface area contributed by atoms with Gasteiger partial charge in [-0.25, -0.2) is 0 Å². The molecule has 0 saturated carbocycles. The molecule has 1 unspecified atom stereocenters. The van der Waals surface area contributed by atoms with Gasteiger partial charge in [-0.3, -0.25) is 9.59 Å². The highest BCUT2D eigenvalue weighted by atomic mass is 35.5. The molecule has 1 amide bonds. The number of carboxylic acid groups (broad SMARTS) is 1. The number of hydrogen-bond donors (Lipinski definition) is 3. The number of amides is 1. The van der Waals surface area contributed by atoms with Crippen molar-refractivity contribution in [3.63, 3.8) is 0 Å². The number of halogens is 1. The molecule has 0 radical (unpaired) electrons. The van der Waals surface area contributed by atoms with Crippen molar-refractivity contribution in [2.75, 3.05) is 6.54 Å². The van der Waals surface area contributed by atoms with E-state index >= 15 is 0 Å². The summed E-state index contributed by atoms with van der Waals surface area (Å²) in [5.74, 6) is -1.21. The fraction of sp³-hybridized carbons (Fsp3) is 0.167. The van der Waals surface area contributed by atoms with Crippen LogP contribution in [0.1, 0.15) is 21.5 Å². The van der Waals surface area contributed by atoms with Crippen molar-refractivity contribution in [3.8, 4) is 11.1 Å². The van der Waals surface area contributed by atoms with Crippen molar-refractivity contribution in [3.05, 3.63) is 94.5 Å². The van der Waals surface area contributed by atoms with Gasteiger partial charge in [0.2, 0.25) is 0 Å². The Morgan fingerprint density at radius 2 is 1.60 bits per heavy atom. The molecule has 3 aromatic rings. The van der Waals surface area contributed by atoms with Crippen LogP contribution in [0, 0.1) is 0 Å². The average molecular weight is 423 g/mol. The Hall–Kier alpha value is -3.15. The second-order valence-corrected chi connectivity index (χ2v) is 7.50.